The van der Waals surface area contributed by atoms with Gasteiger partial charge < -0.3 is 4.43 Å². The first kappa shape index (κ1) is 19.4. The van der Waals surface area contributed by atoms with Crippen LogP contribution in [-0.4, -0.2) is 13.9 Å². The second kappa shape index (κ2) is 10.2. The Bertz CT molecular complexity index is 281. The lowest BCUT2D eigenvalue weighted by Gasteiger charge is -2.37. The summed E-state index contributed by atoms with van der Waals surface area (Å²) in [4.78, 5) is 0. The predicted molar refractivity (Wildman–Crippen MR) is 98.5 cm³/mol. The first-order valence-corrected chi connectivity index (χ1v) is 12.1. The van der Waals surface area contributed by atoms with E-state index in [1.165, 1.54) is 25.7 Å². The molecule has 0 saturated heterocycles. The van der Waals surface area contributed by atoms with Gasteiger partial charge in [-0.1, -0.05) is 73.4 Å². The van der Waals surface area contributed by atoms with Gasteiger partial charge in [0, 0.05) is 0 Å². The molecule has 19 heavy (non-hydrogen) atoms. The largest absolute Gasteiger partial charge is 0.408 e. The number of unbranched alkanes of at least 4 members (excludes halogenated alkanes) is 3. The molecule has 0 N–H and O–H groups in total. The number of rotatable bonds is 10. The molecule has 0 saturated carbocycles. The Balaban J connectivity index is 4.81. The van der Waals surface area contributed by atoms with E-state index in [9.17, 15) is 0 Å². The zero-order valence-electron chi connectivity index (χ0n) is 13.3. The van der Waals surface area contributed by atoms with Crippen LogP contribution in [0.15, 0.2) is 22.3 Å². The van der Waals surface area contributed by atoms with Crippen molar-refractivity contribution in [3.05, 3.63) is 22.3 Å². The maximum absolute atomic E-state index is 6.55. The van der Waals surface area contributed by atoms with E-state index in [1.807, 2.05) is 0 Å². The summed E-state index contributed by atoms with van der Waals surface area (Å²) in [6.07, 6.45) is 14.0. The monoisotopic (exact) mass is 394 g/mol. The van der Waals surface area contributed by atoms with Gasteiger partial charge in [-0.2, -0.15) is 0 Å². The summed E-state index contributed by atoms with van der Waals surface area (Å²) in [6, 6.07) is 0. The topological polar surface area (TPSA) is 9.23 Å². The average Bonchev–Trinajstić information content (AvgIpc) is 2.30. The van der Waals surface area contributed by atoms with E-state index in [0.29, 0.717) is 0 Å². The Morgan fingerprint density at radius 1 is 1.16 bits per heavy atom. The fourth-order valence-electron chi connectivity index (χ4n) is 2.39. The number of halogens is 1. The van der Waals surface area contributed by atoms with Crippen LogP contribution >= 0.6 is 22.6 Å². The molecule has 1 unspecified atom stereocenters. The quantitative estimate of drug-likeness (QED) is 0.179. The third-order valence-electron chi connectivity index (χ3n) is 2.99. The van der Waals surface area contributed by atoms with Crippen molar-refractivity contribution in [2.24, 2.45) is 0 Å². The molecule has 3 heteroatoms. The highest BCUT2D eigenvalue weighted by Crippen LogP contribution is 2.30. The van der Waals surface area contributed by atoms with E-state index in [4.69, 9.17) is 4.43 Å². The summed E-state index contributed by atoms with van der Waals surface area (Å²) in [5.41, 5.74) is -0.0748. The summed E-state index contributed by atoms with van der Waals surface area (Å²) in [5, 5.41) is 0. The maximum atomic E-state index is 6.55. The van der Waals surface area contributed by atoms with Crippen LogP contribution < -0.4 is 0 Å². The summed E-state index contributed by atoms with van der Waals surface area (Å²) in [6.45, 7) is 11.2. The van der Waals surface area contributed by atoms with Crippen molar-refractivity contribution in [2.45, 2.75) is 77.6 Å². The molecule has 0 rings (SSSR count). The van der Waals surface area contributed by atoms with Crippen LogP contribution in [0.1, 0.15) is 52.4 Å². The van der Waals surface area contributed by atoms with Crippen molar-refractivity contribution in [3.63, 3.8) is 0 Å². The predicted octanol–water partition coefficient (Wildman–Crippen LogP) is 6.46. The number of hydrogen-bond acceptors (Lipinski definition) is 1. The van der Waals surface area contributed by atoms with E-state index in [2.05, 4.69) is 78.4 Å². The maximum Gasteiger partial charge on any atom is 0.184 e. The summed E-state index contributed by atoms with van der Waals surface area (Å²) >= 11 is 2.30. The molecule has 0 spiro atoms. The molecule has 0 aromatic rings. The Hall–Kier alpha value is 0.387. The van der Waals surface area contributed by atoms with Gasteiger partial charge in [-0.25, -0.2) is 0 Å². The molecule has 0 aromatic carbocycles. The van der Waals surface area contributed by atoms with Crippen molar-refractivity contribution in [2.75, 3.05) is 0 Å². The summed E-state index contributed by atoms with van der Waals surface area (Å²) < 4.78 is 8.65. The van der Waals surface area contributed by atoms with Crippen LogP contribution in [0, 0.1) is 0 Å². The summed E-state index contributed by atoms with van der Waals surface area (Å²) in [7, 11) is -1.54. The highest BCUT2D eigenvalue weighted by Gasteiger charge is 2.32. The van der Waals surface area contributed by atoms with Crippen molar-refractivity contribution >= 4 is 30.9 Å². The molecule has 0 amide bonds. The van der Waals surface area contributed by atoms with Gasteiger partial charge in [-0.3, -0.25) is 0 Å². The van der Waals surface area contributed by atoms with E-state index in [-0.39, 0.29) is 5.60 Å². The Morgan fingerprint density at radius 3 is 2.32 bits per heavy atom. The lowest BCUT2D eigenvalue weighted by molar-refractivity contribution is 0.101. The lowest BCUT2D eigenvalue weighted by atomic mass is 9.92. The normalized spacial score (nSPS) is 16.3. The number of allylic oxidation sites excluding steroid dienone is 1. The minimum atomic E-state index is -1.54. The van der Waals surface area contributed by atoms with Gasteiger partial charge in [-0.05, 0) is 43.5 Å². The zero-order valence-corrected chi connectivity index (χ0v) is 16.5. The zero-order chi connectivity index (χ0) is 14.8. The smallest absolute Gasteiger partial charge is 0.184 e. The molecular weight excluding hydrogens is 363 g/mol. The molecule has 0 aliphatic carbocycles. The second-order valence-electron chi connectivity index (χ2n) is 6.16. The molecule has 0 aliphatic rings. The van der Waals surface area contributed by atoms with Crippen LogP contribution in [0.5, 0.6) is 0 Å². The highest BCUT2D eigenvalue weighted by molar-refractivity contribution is 14.1. The molecule has 0 aliphatic heterocycles. The third-order valence-corrected chi connectivity index (χ3v) is 4.51. The highest BCUT2D eigenvalue weighted by atomic mass is 127. The SMILES string of the molecule is CC=CC(C/C=C/I)(CCCCCC)O[Si](C)(C)C. The second-order valence-corrected chi connectivity index (χ2v) is 11.3. The van der Waals surface area contributed by atoms with Crippen LogP contribution in [0.2, 0.25) is 19.6 Å². The first-order valence-electron chi connectivity index (χ1n) is 7.48. The van der Waals surface area contributed by atoms with Crippen molar-refractivity contribution in [1.82, 2.24) is 0 Å². The Labute approximate surface area is 135 Å². The summed E-state index contributed by atoms with van der Waals surface area (Å²) in [5.74, 6) is 0. The van der Waals surface area contributed by atoms with Gasteiger partial charge in [0.15, 0.2) is 8.32 Å². The van der Waals surface area contributed by atoms with E-state index < -0.39 is 8.32 Å². The standard InChI is InChI=1S/C16H31IOSi/c1-6-8-9-10-13-16(12-7-2,14-11-15-17)18-19(3,4)5/h7,11-12,15H,6,8-10,13-14H2,1-5H3/b12-7?,15-11+. The van der Waals surface area contributed by atoms with Crippen LogP contribution in [0.25, 0.3) is 0 Å². The first-order chi connectivity index (χ1) is 8.89. The molecule has 0 fully saturated rings. The van der Waals surface area contributed by atoms with Gasteiger partial charge in [-0.15, -0.1) is 0 Å². The molecule has 0 radical (unpaired) electrons. The third kappa shape index (κ3) is 9.85. The lowest BCUT2D eigenvalue weighted by Crippen LogP contribution is -2.41. The van der Waals surface area contributed by atoms with Gasteiger partial charge in [0.25, 0.3) is 0 Å². The van der Waals surface area contributed by atoms with E-state index in [1.54, 1.807) is 0 Å². The van der Waals surface area contributed by atoms with Crippen molar-refractivity contribution in [1.29, 1.82) is 0 Å². The van der Waals surface area contributed by atoms with Gasteiger partial charge >= 0.3 is 0 Å². The van der Waals surface area contributed by atoms with E-state index >= 15 is 0 Å². The molecular formula is C16H31IOSi. The number of hydrogen-bond donors (Lipinski definition) is 0. The molecule has 0 bridgehead atoms. The molecule has 1 nitrogen and oxygen atoms in total. The Kier molecular flexibility index (Phi) is 10.4. The van der Waals surface area contributed by atoms with Gasteiger partial charge in [0.1, 0.15) is 0 Å². The van der Waals surface area contributed by atoms with Crippen LogP contribution in [0.3, 0.4) is 0 Å². The van der Waals surface area contributed by atoms with Crippen LogP contribution in [0.4, 0.5) is 0 Å². The minimum absolute atomic E-state index is 0.0748. The fraction of sp³-hybridized carbons (Fsp3) is 0.750. The molecule has 0 heterocycles. The average molecular weight is 394 g/mol. The van der Waals surface area contributed by atoms with Crippen molar-refractivity contribution < 1.29 is 4.43 Å². The van der Waals surface area contributed by atoms with Gasteiger partial charge in [0.05, 0.1) is 5.60 Å². The van der Waals surface area contributed by atoms with E-state index in [0.717, 1.165) is 12.8 Å². The molecule has 1 atom stereocenters. The molecule has 0 aromatic heterocycles. The van der Waals surface area contributed by atoms with Gasteiger partial charge in [0.2, 0.25) is 0 Å². The fourth-order valence-corrected chi connectivity index (χ4v) is 4.12. The van der Waals surface area contributed by atoms with Crippen LogP contribution in [-0.2, 0) is 4.43 Å². The van der Waals surface area contributed by atoms with Crippen molar-refractivity contribution in [3.8, 4) is 0 Å². The molecule has 112 valence electrons. The Morgan fingerprint density at radius 2 is 1.84 bits per heavy atom. The minimum Gasteiger partial charge on any atom is -0.408 e.